The van der Waals surface area contributed by atoms with Crippen molar-refractivity contribution in [1.82, 2.24) is 5.32 Å². The Balaban J connectivity index is 1.86. The Morgan fingerprint density at radius 1 is 1.12 bits per heavy atom. The Bertz CT molecular complexity index is 862. The molecule has 0 aliphatic carbocycles. The van der Waals surface area contributed by atoms with E-state index in [1.54, 1.807) is 0 Å². The van der Waals surface area contributed by atoms with Crippen molar-refractivity contribution in [1.29, 1.82) is 0 Å². The lowest BCUT2D eigenvalue weighted by molar-refractivity contribution is -0.384. The molecule has 26 heavy (non-hydrogen) atoms. The summed E-state index contributed by atoms with van der Waals surface area (Å²) in [4.78, 5) is 21.9. The molecule has 1 amide bonds. The van der Waals surface area contributed by atoms with Gasteiger partial charge in [0, 0.05) is 12.1 Å². The third-order valence-electron chi connectivity index (χ3n) is 2.93. The number of nitro benzene ring substituents is 1. The van der Waals surface area contributed by atoms with E-state index in [4.69, 9.17) is 51.8 Å². The van der Waals surface area contributed by atoms with Crippen LogP contribution in [0.25, 0.3) is 0 Å². The molecule has 0 aliphatic rings. The van der Waals surface area contributed by atoms with Gasteiger partial charge in [0.1, 0.15) is 5.75 Å². The van der Waals surface area contributed by atoms with Gasteiger partial charge in [0.05, 0.1) is 25.7 Å². The second-order valence-corrected chi connectivity index (χ2v) is 6.42. The number of amides is 1. The molecule has 2 N–H and O–H groups in total. The second kappa shape index (κ2) is 9.00. The second-order valence-electron chi connectivity index (χ2n) is 4.79. The number of ether oxygens (including phenoxy) is 1. The number of halogens is 3. The Morgan fingerprint density at radius 2 is 1.73 bits per heavy atom. The summed E-state index contributed by atoms with van der Waals surface area (Å²) >= 11 is 22.8. The van der Waals surface area contributed by atoms with Gasteiger partial charge < -0.3 is 10.1 Å². The van der Waals surface area contributed by atoms with E-state index in [0.29, 0.717) is 11.4 Å². The van der Waals surface area contributed by atoms with E-state index in [-0.39, 0.29) is 32.5 Å². The van der Waals surface area contributed by atoms with Gasteiger partial charge in [-0.05, 0) is 36.5 Å². The van der Waals surface area contributed by atoms with Crippen LogP contribution < -0.4 is 15.4 Å². The van der Waals surface area contributed by atoms with E-state index in [2.05, 4.69) is 10.6 Å². The van der Waals surface area contributed by atoms with Crippen molar-refractivity contribution in [3.63, 3.8) is 0 Å². The Morgan fingerprint density at radius 3 is 2.35 bits per heavy atom. The molecule has 0 fully saturated rings. The first-order valence-electron chi connectivity index (χ1n) is 6.89. The number of nitro groups is 1. The van der Waals surface area contributed by atoms with Crippen LogP contribution in [0.3, 0.4) is 0 Å². The van der Waals surface area contributed by atoms with Crippen LogP contribution in [0.1, 0.15) is 0 Å². The van der Waals surface area contributed by atoms with Crippen molar-refractivity contribution in [2.24, 2.45) is 0 Å². The predicted octanol–water partition coefficient (Wildman–Crippen LogP) is 4.45. The summed E-state index contributed by atoms with van der Waals surface area (Å²) in [6, 6.07) is 8.22. The summed E-state index contributed by atoms with van der Waals surface area (Å²) < 4.78 is 5.23. The van der Waals surface area contributed by atoms with E-state index in [9.17, 15) is 14.9 Å². The maximum absolute atomic E-state index is 11.8. The highest BCUT2D eigenvalue weighted by Gasteiger charge is 2.11. The average Bonchev–Trinajstić information content (AvgIpc) is 2.58. The monoisotopic (exact) mass is 433 g/mol. The molecule has 2 aromatic rings. The lowest BCUT2D eigenvalue weighted by Gasteiger charge is -2.12. The van der Waals surface area contributed by atoms with Crippen molar-refractivity contribution in [3.8, 4) is 5.75 Å². The zero-order valence-electron chi connectivity index (χ0n) is 12.8. The average molecular weight is 435 g/mol. The number of thiocarbonyl (C=S) groups is 1. The first-order chi connectivity index (χ1) is 12.3. The molecule has 2 aromatic carbocycles. The molecule has 7 nitrogen and oxygen atoms in total. The lowest BCUT2D eigenvalue weighted by Crippen LogP contribution is -2.37. The smallest absolute Gasteiger partial charge is 0.269 e. The summed E-state index contributed by atoms with van der Waals surface area (Å²) in [5, 5.41) is 16.5. The number of benzene rings is 2. The highest BCUT2D eigenvalue weighted by Crippen LogP contribution is 2.32. The van der Waals surface area contributed by atoms with Gasteiger partial charge in [-0.2, -0.15) is 0 Å². The molecule has 0 aliphatic heterocycles. The quantitative estimate of drug-likeness (QED) is 0.313. The number of nitrogens with zero attached hydrogens (tertiary/aromatic N) is 1. The molecule has 0 unspecified atom stereocenters. The number of nitrogens with one attached hydrogen (secondary N) is 2. The van der Waals surface area contributed by atoms with Crippen LogP contribution in [0.4, 0.5) is 11.4 Å². The minimum atomic E-state index is -0.533. The number of non-ortho nitro benzene ring substituents is 1. The van der Waals surface area contributed by atoms with Crippen LogP contribution in [0.2, 0.25) is 15.1 Å². The molecule has 0 saturated heterocycles. The molecule has 0 spiro atoms. The Hall–Kier alpha value is -2.13. The highest BCUT2D eigenvalue weighted by molar-refractivity contribution is 7.80. The number of anilines is 1. The fourth-order valence-corrected chi connectivity index (χ4v) is 2.57. The molecular weight excluding hydrogens is 425 g/mol. The van der Waals surface area contributed by atoms with Gasteiger partial charge in [-0.25, -0.2) is 0 Å². The van der Waals surface area contributed by atoms with Crippen molar-refractivity contribution < 1.29 is 14.5 Å². The van der Waals surface area contributed by atoms with Crippen molar-refractivity contribution in [2.75, 3.05) is 11.9 Å². The zero-order valence-corrected chi connectivity index (χ0v) is 15.9. The van der Waals surface area contributed by atoms with Crippen LogP contribution in [-0.2, 0) is 4.79 Å². The molecule has 0 heterocycles. The fraction of sp³-hybridized carbons (Fsp3) is 0.0667. The zero-order chi connectivity index (χ0) is 19.3. The summed E-state index contributed by atoms with van der Waals surface area (Å²) in [5.41, 5.74) is 0.299. The van der Waals surface area contributed by atoms with Crippen LogP contribution >= 0.6 is 47.0 Å². The highest BCUT2D eigenvalue weighted by atomic mass is 35.5. The molecular formula is C15H10Cl3N3O4S. The molecule has 11 heteroatoms. The maximum atomic E-state index is 11.8. The molecule has 2 rings (SSSR count). The third-order valence-corrected chi connectivity index (χ3v) is 4.17. The van der Waals surface area contributed by atoms with Crippen LogP contribution in [0.5, 0.6) is 5.75 Å². The minimum Gasteiger partial charge on any atom is -0.484 e. The summed E-state index contributed by atoms with van der Waals surface area (Å²) in [6.45, 7) is -0.339. The van der Waals surface area contributed by atoms with E-state index in [0.717, 1.165) is 0 Å². The van der Waals surface area contributed by atoms with Crippen molar-refractivity contribution >= 4 is 69.4 Å². The molecule has 0 atom stereocenters. The first kappa shape index (κ1) is 20.2. The lowest BCUT2D eigenvalue weighted by atomic mass is 10.3. The van der Waals surface area contributed by atoms with Crippen molar-refractivity contribution in [2.45, 2.75) is 0 Å². The summed E-state index contributed by atoms with van der Waals surface area (Å²) in [5.74, 6) is -0.228. The van der Waals surface area contributed by atoms with Crippen LogP contribution in [-0.4, -0.2) is 22.5 Å². The van der Waals surface area contributed by atoms with E-state index < -0.39 is 10.8 Å². The molecule has 0 radical (unpaired) electrons. The number of hydrogen-bond acceptors (Lipinski definition) is 5. The molecule has 0 aromatic heterocycles. The number of carbonyl (C=O) groups is 1. The normalized spacial score (nSPS) is 10.1. The standard InChI is InChI=1S/C15H10Cl3N3O4S/c16-10-5-12(18)13(6-11(10)17)19-15(26)20-14(22)7-25-9-3-1-8(2-4-9)21(23)24/h1-6H,7H2,(H2,19,20,22,26). The van der Waals surface area contributed by atoms with Crippen LogP contribution in [0.15, 0.2) is 36.4 Å². The maximum Gasteiger partial charge on any atom is 0.269 e. The fourth-order valence-electron chi connectivity index (χ4n) is 1.75. The number of hydrogen-bond donors (Lipinski definition) is 2. The largest absolute Gasteiger partial charge is 0.484 e. The van der Waals surface area contributed by atoms with Gasteiger partial charge in [0.25, 0.3) is 11.6 Å². The van der Waals surface area contributed by atoms with E-state index in [1.807, 2.05) is 0 Å². The van der Waals surface area contributed by atoms with Gasteiger partial charge in [-0.1, -0.05) is 34.8 Å². The van der Waals surface area contributed by atoms with E-state index in [1.165, 1.54) is 36.4 Å². The summed E-state index contributed by atoms with van der Waals surface area (Å²) in [6.07, 6.45) is 0. The Kier molecular flexibility index (Phi) is 6.98. The van der Waals surface area contributed by atoms with Crippen LogP contribution in [0, 0.1) is 10.1 Å². The summed E-state index contributed by atoms with van der Waals surface area (Å²) in [7, 11) is 0. The number of carbonyl (C=O) groups excluding carboxylic acids is 1. The minimum absolute atomic E-state index is 0.0115. The molecule has 0 saturated carbocycles. The molecule has 136 valence electrons. The first-order valence-corrected chi connectivity index (χ1v) is 8.43. The van der Waals surface area contributed by atoms with E-state index >= 15 is 0 Å². The number of rotatable bonds is 5. The van der Waals surface area contributed by atoms with Gasteiger partial charge in [0.2, 0.25) is 0 Å². The SMILES string of the molecule is O=C(COc1ccc([N+](=O)[O-])cc1)NC(=S)Nc1cc(Cl)c(Cl)cc1Cl. The van der Waals surface area contributed by atoms with Gasteiger partial charge in [-0.3, -0.25) is 20.2 Å². The van der Waals surface area contributed by atoms with Crippen molar-refractivity contribution in [3.05, 3.63) is 61.6 Å². The van der Waals surface area contributed by atoms with Gasteiger partial charge in [0.15, 0.2) is 11.7 Å². The van der Waals surface area contributed by atoms with Gasteiger partial charge in [-0.15, -0.1) is 0 Å². The van der Waals surface area contributed by atoms with Gasteiger partial charge >= 0.3 is 0 Å². The third kappa shape index (κ3) is 5.70. The molecule has 0 bridgehead atoms. The predicted molar refractivity (Wildman–Crippen MR) is 104 cm³/mol. The topological polar surface area (TPSA) is 93.5 Å². The Labute approximate surface area is 168 Å².